The molecule has 1 aromatic carbocycles. The molecule has 0 aliphatic rings. The minimum atomic E-state index is -0.736. The Hall–Kier alpha value is -1.55. The standard InChI is InChI=1S/C11H16N2O2/c1-13-8-7-10(15-11(12)14)9-5-3-2-4-6-9/h2-6,10,13H,7-8H2,1H3,(H2,12,14). The number of amides is 1. The van der Waals surface area contributed by atoms with Crippen LogP contribution in [0.25, 0.3) is 0 Å². The van der Waals surface area contributed by atoms with Crippen LogP contribution in [0.4, 0.5) is 4.79 Å². The molecule has 0 saturated heterocycles. The van der Waals surface area contributed by atoms with Gasteiger partial charge in [-0.1, -0.05) is 30.3 Å². The molecular weight excluding hydrogens is 192 g/mol. The molecule has 0 heterocycles. The van der Waals surface area contributed by atoms with Gasteiger partial charge in [-0.05, 0) is 19.2 Å². The van der Waals surface area contributed by atoms with Gasteiger partial charge in [-0.3, -0.25) is 0 Å². The van der Waals surface area contributed by atoms with E-state index in [4.69, 9.17) is 10.5 Å². The minimum absolute atomic E-state index is 0.267. The number of carbonyl (C=O) groups is 1. The maximum Gasteiger partial charge on any atom is 0.405 e. The second-order valence-corrected chi connectivity index (χ2v) is 3.23. The summed E-state index contributed by atoms with van der Waals surface area (Å²) in [4.78, 5) is 10.7. The zero-order valence-electron chi connectivity index (χ0n) is 8.77. The molecule has 0 fully saturated rings. The molecule has 0 aliphatic heterocycles. The predicted octanol–water partition coefficient (Wildman–Crippen LogP) is 1.43. The fourth-order valence-electron chi connectivity index (χ4n) is 1.38. The third kappa shape index (κ3) is 3.99. The number of rotatable bonds is 5. The number of nitrogens with two attached hydrogens (primary N) is 1. The molecule has 0 saturated carbocycles. The number of nitrogens with one attached hydrogen (secondary N) is 1. The molecule has 1 atom stereocenters. The van der Waals surface area contributed by atoms with Gasteiger partial charge in [0.1, 0.15) is 6.10 Å². The van der Waals surface area contributed by atoms with E-state index in [1.54, 1.807) is 0 Å². The summed E-state index contributed by atoms with van der Waals surface area (Å²) < 4.78 is 5.04. The quantitative estimate of drug-likeness (QED) is 0.769. The fourth-order valence-corrected chi connectivity index (χ4v) is 1.38. The summed E-state index contributed by atoms with van der Waals surface area (Å²) in [6.45, 7) is 0.771. The van der Waals surface area contributed by atoms with Crippen molar-refractivity contribution in [3.63, 3.8) is 0 Å². The molecule has 4 nitrogen and oxygen atoms in total. The fraction of sp³-hybridized carbons (Fsp3) is 0.364. The van der Waals surface area contributed by atoms with Crippen molar-refractivity contribution in [1.82, 2.24) is 5.32 Å². The highest BCUT2D eigenvalue weighted by Gasteiger charge is 2.13. The average Bonchev–Trinajstić information content (AvgIpc) is 2.25. The van der Waals surface area contributed by atoms with E-state index >= 15 is 0 Å². The molecule has 0 radical (unpaired) electrons. The summed E-state index contributed by atoms with van der Waals surface area (Å²) in [6.07, 6.45) is -0.292. The molecule has 1 amide bonds. The molecule has 15 heavy (non-hydrogen) atoms. The smallest absolute Gasteiger partial charge is 0.405 e. The monoisotopic (exact) mass is 208 g/mol. The Labute approximate surface area is 89.4 Å². The number of benzene rings is 1. The van der Waals surface area contributed by atoms with E-state index in [0.29, 0.717) is 6.42 Å². The van der Waals surface area contributed by atoms with Crippen molar-refractivity contribution in [2.24, 2.45) is 5.73 Å². The highest BCUT2D eigenvalue weighted by atomic mass is 16.6. The Morgan fingerprint density at radius 1 is 1.47 bits per heavy atom. The van der Waals surface area contributed by atoms with Crippen LogP contribution in [-0.4, -0.2) is 19.7 Å². The van der Waals surface area contributed by atoms with E-state index in [-0.39, 0.29) is 6.10 Å². The van der Waals surface area contributed by atoms with Crippen molar-refractivity contribution in [3.05, 3.63) is 35.9 Å². The lowest BCUT2D eigenvalue weighted by atomic mass is 10.1. The average molecular weight is 208 g/mol. The Morgan fingerprint density at radius 2 is 2.13 bits per heavy atom. The number of carbonyl (C=O) groups excluding carboxylic acids is 1. The van der Waals surface area contributed by atoms with Gasteiger partial charge >= 0.3 is 6.09 Å². The Kier molecular flexibility index (Phi) is 4.63. The lowest BCUT2D eigenvalue weighted by molar-refractivity contribution is 0.101. The molecule has 1 aromatic rings. The number of hydrogen-bond acceptors (Lipinski definition) is 3. The van der Waals surface area contributed by atoms with Gasteiger partial charge in [0.05, 0.1) is 0 Å². The summed E-state index contributed by atoms with van der Waals surface area (Å²) in [5.41, 5.74) is 5.99. The van der Waals surface area contributed by atoms with Crippen molar-refractivity contribution in [1.29, 1.82) is 0 Å². The zero-order valence-corrected chi connectivity index (χ0v) is 8.77. The number of hydrogen-bond donors (Lipinski definition) is 2. The lowest BCUT2D eigenvalue weighted by Gasteiger charge is -2.16. The van der Waals surface area contributed by atoms with Crippen LogP contribution in [0.15, 0.2) is 30.3 Å². The van der Waals surface area contributed by atoms with Crippen LogP contribution < -0.4 is 11.1 Å². The molecule has 0 aromatic heterocycles. The Morgan fingerprint density at radius 3 is 2.67 bits per heavy atom. The first kappa shape index (κ1) is 11.5. The molecular formula is C11H16N2O2. The number of ether oxygens (including phenoxy) is 1. The largest absolute Gasteiger partial charge is 0.441 e. The van der Waals surface area contributed by atoms with Gasteiger partial charge in [0, 0.05) is 6.42 Å². The van der Waals surface area contributed by atoms with Gasteiger partial charge in [-0.15, -0.1) is 0 Å². The van der Waals surface area contributed by atoms with Gasteiger partial charge in [0.2, 0.25) is 0 Å². The van der Waals surface area contributed by atoms with E-state index in [2.05, 4.69) is 5.32 Å². The van der Waals surface area contributed by atoms with Crippen LogP contribution in [0.5, 0.6) is 0 Å². The third-order valence-electron chi connectivity index (χ3n) is 2.09. The first-order valence-electron chi connectivity index (χ1n) is 4.89. The second-order valence-electron chi connectivity index (χ2n) is 3.23. The summed E-state index contributed by atoms with van der Waals surface area (Å²) >= 11 is 0. The lowest BCUT2D eigenvalue weighted by Crippen LogP contribution is -2.20. The summed E-state index contributed by atoms with van der Waals surface area (Å²) in [7, 11) is 1.85. The van der Waals surface area contributed by atoms with Crippen LogP contribution >= 0.6 is 0 Å². The van der Waals surface area contributed by atoms with E-state index in [9.17, 15) is 4.79 Å². The molecule has 0 aliphatic carbocycles. The van der Waals surface area contributed by atoms with Gasteiger partial charge in [0.25, 0.3) is 0 Å². The highest BCUT2D eigenvalue weighted by molar-refractivity contribution is 5.65. The molecule has 82 valence electrons. The second kappa shape index (κ2) is 6.03. The number of primary amides is 1. The molecule has 0 bridgehead atoms. The van der Waals surface area contributed by atoms with Crippen molar-refractivity contribution in [2.45, 2.75) is 12.5 Å². The Balaban J connectivity index is 2.67. The van der Waals surface area contributed by atoms with E-state index in [1.807, 2.05) is 37.4 Å². The molecule has 4 heteroatoms. The molecule has 0 spiro atoms. The van der Waals surface area contributed by atoms with E-state index in [1.165, 1.54) is 0 Å². The van der Waals surface area contributed by atoms with E-state index < -0.39 is 6.09 Å². The first-order chi connectivity index (χ1) is 7.24. The first-order valence-corrected chi connectivity index (χ1v) is 4.89. The summed E-state index contributed by atoms with van der Waals surface area (Å²) in [6, 6.07) is 9.58. The van der Waals surface area contributed by atoms with Crippen molar-refractivity contribution >= 4 is 6.09 Å². The van der Waals surface area contributed by atoms with Crippen LogP contribution in [0.3, 0.4) is 0 Å². The summed E-state index contributed by atoms with van der Waals surface area (Å²) in [5, 5.41) is 3.01. The maximum absolute atomic E-state index is 10.7. The topological polar surface area (TPSA) is 64.3 Å². The van der Waals surface area contributed by atoms with Crippen LogP contribution in [0.1, 0.15) is 18.1 Å². The van der Waals surface area contributed by atoms with Crippen molar-refractivity contribution < 1.29 is 9.53 Å². The maximum atomic E-state index is 10.7. The molecule has 3 N–H and O–H groups in total. The van der Waals surface area contributed by atoms with Gasteiger partial charge in [-0.2, -0.15) is 0 Å². The van der Waals surface area contributed by atoms with Gasteiger partial charge in [0.15, 0.2) is 0 Å². The zero-order chi connectivity index (χ0) is 11.1. The van der Waals surface area contributed by atoms with Crippen LogP contribution in [0, 0.1) is 0 Å². The molecule has 1 unspecified atom stereocenters. The highest BCUT2D eigenvalue weighted by Crippen LogP contribution is 2.20. The van der Waals surface area contributed by atoms with Gasteiger partial charge < -0.3 is 15.8 Å². The van der Waals surface area contributed by atoms with Crippen LogP contribution in [-0.2, 0) is 4.74 Å². The predicted molar refractivity (Wildman–Crippen MR) is 58.4 cm³/mol. The SMILES string of the molecule is CNCCC(OC(N)=O)c1ccccc1. The minimum Gasteiger partial charge on any atom is -0.441 e. The van der Waals surface area contributed by atoms with Crippen molar-refractivity contribution in [3.8, 4) is 0 Å². The van der Waals surface area contributed by atoms with E-state index in [0.717, 1.165) is 12.1 Å². The van der Waals surface area contributed by atoms with Crippen molar-refractivity contribution in [2.75, 3.05) is 13.6 Å². The third-order valence-corrected chi connectivity index (χ3v) is 2.09. The van der Waals surface area contributed by atoms with Crippen LogP contribution in [0.2, 0.25) is 0 Å². The normalized spacial score (nSPS) is 12.1. The molecule has 1 rings (SSSR count). The Bertz CT molecular complexity index is 301. The summed E-state index contributed by atoms with van der Waals surface area (Å²) in [5.74, 6) is 0. The van der Waals surface area contributed by atoms with Gasteiger partial charge in [-0.25, -0.2) is 4.79 Å².